The van der Waals surface area contributed by atoms with E-state index in [0.29, 0.717) is 30.7 Å². The van der Waals surface area contributed by atoms with Gasteiger partial charge in [-0.15, -0.1) is 0 Å². The number of rotatable bonds is 3. The van der Waals surface area contributed by atoms with Gasteiger partial charge in [-0.3, -0.25) is 14.4 Å². The summed E-state index contributed by atoms with van der Waals surface area (Å²) in [5.41, 5.74) is -2.72. The van der Waals surface area contributed by atoms with E-state index in [4.69, 9.17) is 0 Å². The third kappa shape index (κ3) is 6.08. The first-order chi connectivity index (χ1) is 20.0. The first-order valence-electron chi connectivity index (χ1n) is 13.9. The zero-order valence-corrected chi connectivity index (χ0v) is 23.4. The van der Waals surface area contributed by atoms with Crippen LogP contribution in [0.3, 0.4) is 0 Å². The maximum atomic E-state index is 14.3. The fourth-order valence-corrected chi connectivity index (χ4v) is 6.85. The molecule has 3 heterocycles. The van der Waals surface area contributed by atoms with E-state index in [1.165, 1.54) is 41.0 Å². The van der Waals surface area contributed by atoms with Crippen molar-refractivity contribution in [2.45, 2.75) is 51.1 Å². The lowest BCUT2D eigenvalue weighted by molar-refractivity contribution is -0.160. The normalized spacial score (nSPS) is 26.6. The van der Waals surface area contributed by atoms with Gasteiger partial charge in [-0.05, 0) is 59.7 Å². The van der Waals surface area contributed by atoms with Gasteiger partial charge in [-0.1, -0.05) is 19.1 Å². The number of likely N-dealkylation sites (tertiary alicyclic amines) is 1. The summed E-state index contributed by atoms with van der Waals surface area (Å²) >= 11 is 0. The topological polar surface area (TPSA) is 60.9 Å². The predicted molar refractivity (Wildman–Crippen MR) is 140 cm³/mol. The zero-order valence-electron chi connectivity index (χ0n) is 23.4. The molecule has 3 aliphatic rings. The Morgan fingerprint density at radius 1 is 0.884 bits per heavy atom. The van der Waals surface area contributed by atoms with Crippen molar-refractivity contribution >= 4 is 17.7 Å². The Kier molecular flexibility index (Phi) is 7.97. The molecule has 2 aromatic rings. The number of carbonyl (C=O) groups is 3. The van der Waals surface area contributed by atoms with Gasteiger partial charge >= 0.3 is 12.4 Å². The number of hydrogen-bond acceptors (Lipinski definition) is 3. The maximum absolute atomic E-state index is 14.3. The Balaban J connectivity index is 1.56. The molecule has 3 aliphatic heterocycles. The van der Waals surface area contributed by atoms with Gasteiger partial charge in [0.2, 0.25) is 17.7 Å². The second-order valence-corrected chi connectivity index (χ2v) is 11.8. The molecule has 5 rings (SSSR count). The van der Waals surface area contributed by atoms with Crippen LogP contribution in [0.15, 0.2) is 42.5 Å². The number of amides is 3. The molecule has 0 radical (unpaired) electrons. The molecular weight excluding hydrogens is 583 g/mol. The van der Waals surface area contributed by atoms with Crippen LogP contribution in [-0.4, -0.2) is 64.6 Å². The van der Waals surface area contributed by atoms with Crippen LogP contribution < -0.4 is 0 Å². The SMILES string of the molecule is CC(=O)N1CCC2C(C1)C(=O)N1C[C@@H](C)CN(Cc3cc(C(F)(F)F)cc(C(F)(F)F)c3)C(=O)C1C2c1ccc(F)cc1. The van der Waals surface area contributed by atoms with Gasteiger partial charge in [0, 0.05) is 45.6 Å². The van der Waals surface area contributed by atoms with Crippen molar-refractivity contribution in [3.63, 3.8) is 0 Å². The second-order valence-electron chi connectivity index (χ2n) is 11.8. The van der Waals surface area contributed by atoms with E-state index < -0.39 is 65.5 Å². The third-order valence-corrected chi connectivity index (χ3v) is 8.73. The molecule has 232 valence electrons. The van der Waals surface area contributed by atoms with Crippen molar-refractivity contribution in [3.05, 3.63) is 70.5 Å². The molecule has 3 amide bonds. The number of hydrogen-bond donors (Lipinski definition) is 0. The molecule has 0 bridgehead atoms. The smallest absolute Gasteiger partial charge is 0.342 e. The number of benzene rings is 2. The third-order valence-electron chi connectivity index (χ3n) is 8.73. The highest BCUT2D eigenvalue weighted by Gasteiger charge is 2.55. The highest BCUT2D eigenvalue weighted by molar-refractivity contribution is 5.92. The van der Waals surface area contributed by atoms with Gasteiger partial charge in [-0.2, -0.15) is 26.3 Å². The number of halogens is 7. The highest BCUT2D eigenvalue weighted by Crippen LogP contribution is 2.47. The summed E-state index contributed by atoms with van der Waals surface area (Å²) in [5, 5.41) is 0. The minimum atomic E-state index is -5.05. The molecule has 0 aromatic heterocycles. The number of nitrogens with zero attached hydrogens (tertiary/aromatic N) is 3. The van der Waals surface area contributed by atoms with Crippen LogP contribution in [0, 0.1) is 23.6 Å². The summed E-state index contributed by atoms with van der Waals surface area (Å²) < 4.78 is 95.2. The summed E-state index contributed by atoms with van der Waals surface area (Å²) in [7, 11) is 0. The Hall–Kier alpha value is -3.64. The van der Waals surface area contributed by atoms with Crippen molar-refractivity contribution in [3.8, 4) is 0 Å². The molecule has 6 nitrogen and oxygen atoms in total. The highest BCUT2D eigenvalue weighted by atomic mass is 19.4. The Labute approximate surface area is 243 Å². The van der Waals surface area contributed by atoms with Crippen molar-refractivity contribution in [2.75, 3.05) is 26.2 Å². The van der Waals surface area contributed by atoms with E-state index >= 15 is 0 Å². The molecule has 0 N–H and O–H groups in total. The standard InChI is InChI=1S/C30H30F7N3O3/c1-16-12-39(14-18-9-20(29(32,33)34)11-21(10-18)30(35,36)37)28(43)26-25(19-3-5-22(31)6-4-19)23-7-8-38(17(2)41)15-24(23)27(42)40(26)13-16/h3-6,9-11,16,23-26H,7-8,12-15H2,1-2H3/t16-,23?,24?,25?,26?/m0/s1. The Morgan fingerprint density at radius 3 is 2.05 bits per heavy atom. The molecule has 0 saturated carbocycles. The molecule has 13 heteroatoms. The van der Waals surface area contributed by atoms with E-state index in [1.807, 2.05) is 0 Å². The molecule has 3 fully saturated rings. The second kappa shape index (κ2) is 11.1. The van der Waals surface area contributed by atoms with Crippen LogP contribution in [0.1, 0.15) is 48.4 Å². The van der Waals surface area contributed by atoms with Gasteiger partial charge in [0.1, 0.15) is 11.9 Å². The van der Waals surface area contributed by atoms with Gasteiger partial charge in [0.25, 0.3) is 0 Å². The van der Waals surface area contributed by atoms with Gasteiger partial charge in [-0.25, -0.2) is 4.39 Å². The van der Waals surface area contributed by atoms with Crippen LogP contribution in [0.4, 0.5) is 30.7 Å². The zero-order chi connectivity index (χ0) is 31.4. The molecular formula is C30H30F7N3O3. The van der Waals surface area contributed by atoms with Crippen molar-refractivity contribution in [2.24, 2.45) is 17.8 Å². The predicted octanol–water partition coefficient (Wildman–Crippen LogP) is 5.32. The van der Waals surface area contributed by atoms with Gasteiger partial charge < -0.3 is 14.7 Å². The fourth-order valence-electron chi connectivity index (χ4n) is 6.85. The van der Waals surface area contributed by atoms with E-state index in [9.17, 15) is 45.1 Å². The average Bonchev–Trinajstić information content (AvgIpc) is 3.04. The Bertz CT molecular complexity index is 1380. The summed E-state index contributed by atoms with van der Waals surface area (Å²) in [4.78, 5) is 44.6. The lowest BCUT2D eigenvalue weighted by atomic mass is 9.66. The number of alkyl halides is 6. The number of carbonyl (C=O) groups excluding carboxylic acids is 3. The molecule has 0 aliphatic carbocycles. The first-order valence-corrected chi connectivity index (χ1v) is 13.9. The van der Waals surface area contributed by atoms with Crippen molar-refractivity contribution < 1.29 is 45.1 Å². The lowest BCUT2D eigenvalue weighted by Crippen LogP contribution is -2.63. The lowest BCUT2D eigenvalue weighted by Gasteiger charge is -2.51. The molecule has 0 spiro atoms. The van der Waals surface area contributed by atoms with Crippen LogP contribution in [0.2, 0.25) is 0 Å². The fraction of sp³-hybridized carbons (Fsp3) is 0.500. The molecule has 5 atom stereocenters. The van der Waals surface area contributed by atoms with Crippen LogP contribution in [0.5, 0.6) is 0 Å². The summed E-state index contributed by atoms with van der Waals surface area (Å²) in [6.07, 6.45) is -9.71. The largest absolute Gasteiger partial charge is 0.416 e. The van der Waals surface area contributed by atoms with E-state index in [0.717, 1.165) is 0 Å². The molecule has 4 unspecified atom stereocenters. The maximum Gasteiger partial charge on any atom is 0.416 e. The van der Waals surface area contributed by atoms with Gasteiger partial charge in [0.05, 0.1) is 17.0 Å². The van der Waals surface area contributed by atoms with E-state index in [2.05, 4.69) is 0 Å². The van der Waals surface area contributed by atoms with Crippen LogP contribution in [0.25, 0.3) is 0 Å². The van der Waals surface area contributed by atoms with E-state index in [1.54, 1.807) is 11.8 Å². The van der Waals surface area contributed by atoms with Crippen molar-refractivity contribution in [1.82, 2.24) is 14.7 Å². The number of fused-ring (bicyclic) bond motifs is 2. The molecule has 3 saturated heterocycles. The van der Waals surface area contributed by atoms with Crippen molar-refractivity contribution in [1.29, 1.82) is 0 Å². The minimum absolute atomic E-state index is 0.0122. The average molecular weight is 614 g/mol. The van der Waals surface area contributed by atoms with Gasteiger partial charge in [0.15, 0.2) is 0 Å². The Morgan fingerprint density at radius 2 is 1.49 bits per heavy atom. The monoisotopic (exact) mass is 613 g/mol. The van der Waals surface area contributed by atoms with Crippen LogP contribution in [-0.2, 0) is 33.3 Å². The first kappa shape index (κ1) is 30.8. The molecule has 43 heavy (non-hydrogen) atoms. The quantitative estimate of drug-likeness (QED) is 0.441. The van der Waals surface area contributed by atoms with E-state index in [-0.39, 0.29) is 49.0 Å². The summed E-state index contributed by atoms with van der Waals surface area (Å²) in [6, 6.07) is 5.65. The number of piperidine rings is 2. The van der Waals surface area contributed by atoms with Crippen LogP contribution >= 0.6 is 0 Å². The summed E-state index contributed by atoms with van der Waals surface area (Å²) in [5.74, 6) is -3.69. The minimum Gasteiger partial charge on any atom is -0.342 e. The summed E-state index contributed by atoms with van der Waals surface area (Å²) in [6.45, 7) is 3.21. The molecule has 2 aromatic carbocycles.